The first kappa shape index (κ1) is 18.2. The molecule has 0 unspecified atom stereocenters. The van der Waals surface area contributed by atoms with E-state index >= 15 is 0 Å². The zero-order chi connectivity index (χ0) is 19.5. The van der Waals surface area contributed by atoms with Crippen molar-refractivity contribution in [1.82, 2.24) is 10.1 Å². The average Bonchev–Trinajstić information content (AvgIpc) is 3.19. The summed E-state index contributed by atoms with van der Waals surface area (Å²) in [5, 5.41) is 7.88. The molecule has 0 atom stereocenters. The first-order chi connectivity index (χ1) is 13.6. The molecule has 0 aliphatic carbocycles. The molecule has 0 saturated heterocycles. The summed E-state index contributed by atoms with van der Waals surface area (Å²) in [6, 6.07) is 21.2. The van der Waals surface area contributed by atoms with Gasteiger partial charge in [0.15, 0.2) is 0 Å². The third kappa shape index (κ3) is 3.76. The zero-order valence-corrected chi connectivity index (χ0v) is 15.9. The molecule has 0 aliphatic heterocycles. The van der Waals surface area contributed by atoms with Gasteiger partial charge in [-0.2, -0.15) is 4.98 Å². The zero-order valence-electron chi connectivity index (χ0n) is 14.4. The number of nitrogens with zero attached hydrogens (tertiary/aromatic N) is 2. The number of carbonyl (C=O) groups is 1. The number of rotatable bonds is 4. The van der Waals surface area contributed by atoms with E-state index in [1.165, 1.54) is 0 Å². The van der Waals surface area contributed by atoms with Crippen LogP contribution < -0.4 is 5.32 Å². The highest BCUT2D eigenvalue weighted by atomic mass is 35.5. The molecule has 1 N–H and O–H groups in total. The van der Waals surface area contributed by atoms with Crippen LogP contribution in [-0.4, -0.2) is 16.0 Å². The van der Waals surface area contributed by atoms with Gasteiger partial charge < -0.3 is 9.84 Å². The molecule has 0 saturated carbocycles. The van der Waals surface area contributed by atoms with Crippen molar-refractivity contribution >= 4 is 34.8 Å². The fourth-order valence-corrected chi connectivity index (χ4v) is 3.01. The second-order valence-corrected chi connectivity index (χ2v) is 6.75. The molecule has 1 heterocycles. The smallest absolute Gasteiger partial charge is 0.260 e. The molecule has 0 fully saturated rings. The van der Waals surface area contributed by atoms with Gasteiger partial charge in [-0.05, 0) is 48.5 Å². The number of amides is 1. The van der Waals surface area contributed by atoms with Crippen LogP contribution in [0.2, 0.25) is 10.0 Å². The Morgan fingerprint density at radius 2 is 1.61 bits per heavy atom. The Balaban J connectivity index is 1.64. The molecule has 28 heavy (non-hydrogen) atoms. The van der Waals surface area contributed by atoms with Crippen molar-refractivity contribution in [3.05, 3.63) is 88.4 Å². The molecule has 7 heteroatoms. The fraction of sp³-hybridized carbons (Fsp3) is 0. The molecule has 1 amide bonds. The maximum atomic E-state index is 12.6. The SMILES string of the molecule is O=C(Nc1ccccc1-c1nc(-c2ccc(Cl)cc2)no1)c1ccccc1Cl. The molecule has 0 radical (unpaired) electrons. The number of nitrogens with one attached hydrogen (secondary N) is 1. The highest BCUT2D eigenvalue weighted by Gasteiger charge is 2.17. The highest BCUT2D eigenvalue weighted by molar-refractivity contribution is 6.34. The van der Waals surface area contributed by atoms with Crippen molar-refractivity contribution < 1.29 is 9.32 Å². The van der Waals surface area contributed by atoms with E-state index in [9.17, 15) is 4.79 Å². The van der Waals surface area contributed by atoms with E-state index in [1.54, 1.807) is 48.5 Å². The normalized spacial score (nSPS) is 10.6. The molecule has 4 rings (SSSR count). The number of para-hydroxylation sites is 1. The lowest BCUT2D eigenvalue weighted by atomic mass is 10.1. The van der Waals surface area contributed by atoms with Crippen LogP contribution in [0.1, 0.15) is 10.4 Å². The minimum absolute atomic E-state index is 0.292. The van der Waals surface area contributed by atoms with Crippen molar-refractivity contribution in [3.8, 4) is 22.8 Å². The second kappa shape index (κ2) is 7.84. The van der Waals surface area contributed by atoms with Crippen molar-refractivity contribution in [2.45, 2.75) is 0 Å². The van der Waals surface area contributed by atoms with Gasteiger partial charge in [0.2, 0.25) is 5.82 Å². The number of benzene rings is 3. The van der Waals surface area contributed by atoms with E-state index in [1.807, 2.05) is 24.3 Å². The number of hydrogen-bond donors (Lipinski definition) is 1. The summed E-state index contributed by atoms with van der Waals surface area (Å²) in [6.45, 7) is 0. The number of carbonyl (C=O) groups excluding carboxylic acids is 1. The third-order valence-corrected chi connectivity index (χ3v) is 4.63. The van der Waals surface area contributed by atoms with E-state index in [-0.39, 0.29) is 5.91 Å². The maximum absolute atomic E-state index is 12.6. The van der Waals surface area contributed by atoms with Crippen LogP contribution in [0.25, 0.3) is 22.8 Å². The fourth-order valence-electron chi connectivity index (χ4n) is 2.66. The summed E-state index contributed by atoms with van der Waals surface area (Å²) < 4.78 is 5.42. The molecule has 5 nitrogen and oxygen atoms in total. The first-order valence-electron chi connectivity index (χ1n) is 8.37. The molecule has 0 aliphatic rings. The van der Waals surface area contributed by atoms with Crippen molar-refractivity contribution in [2.24, 2.45) is 0 Å². The van der Waals surface area contributed by atoms with Crippen LogP contribution in [0, 0.1) is 0 Å². The Hall–Kier alpha value is -3.15. The second-order valence-electron chi connectivity index (χ2n) is 5.91. The van der Waals surface area contributed by atoms with Gasteiger partial charge in [0.25, 0.3) is 11.8 Å². The van der Waals surface area contributed by atoms with E-state index < -0.39 is 0 Å². The summed E-state index contributed by atoms with van der Waals surface area (Å²) in [6.07, 6.45) is 0. The van der Waals surface area contributed by atoms with E-state index in [2.05, 4.69) is 15.5 Å². The lowest BCUT2D eigenvalue weighted by Crippen LogP contribution is -2.13. The van der Waals surface area contributed by atoms with Gasteiger partial charge >= 0.3 is 0 Å². The number of hydrogen-bond acceptors (Lipinski definition) is 4. The van der Waals surface area contributed by atoms with E-state index in [4.69, 9.17) is 27.7 Å². The predicted octanol–water partition coefficient (Wildman–Crippen LogP) is 5.96. The van der Waals surface area contributed by atoms with Gasteiger partial charge in [-0.3, -0.25) is 4.79 Å². The van der Waals surface area contributed by atoms with Crippen LogP contribution in [0.5, 0.6) is 0 Å². The van der Waals surface area contributed by atoms with E-state index in [0.29, 0.717) is 38.6 Å². The highest BCUT2D eigenvalue weighted by Crippen LogP contribution is 2.29. The minimum atomic E-state index is -0.324. The summed E-state index contributed by atoms with van der Waals surface area (Å²) in [7, 11) is 0. The number of aromatic nitrogens is 2. The minimum Gasteiger partial charge on any atom is -0.334 e. The Kier molecular flexibility index (Phi) is 5.10. The van der Waals surface area contributed by atoms with Crippen LogP contribution in [0.4, 0.5) is 5.69 Å². The summed E-state index contributed by atoms with van der Waals surface area (Å²) >= 11 is 12.0. The van der Waals surface area contributed by atoms with Gasteiger partial charge in [0.1, 0.15) is 0 Å². The molecule has 1 aromatic heterocycles. The Morgan fingerprint density at radius 3 is 2.39 bits per heavy atom. The number of anilines is 1. The molecule has 3 aromatic carbocycles. The first-order valence-corrected chi connectivity index (χ1v) is 9.12. The largest absolute Gasteiger partial charge is 0.334 e. The average molecular weight is 410 g/mol. The summed E-state index contributed by atoms with van der Waals surface area (Å²) in [5.41, 5.74) is 2.30. The summed E-state index contributed by atoms with van der Waals surface area (Å²) in [4.78, 5) is 17.0. The van der Waals surface area contributed by atoms with Crippen LogP contribution >= 0.6 is 23.2 Å². The van der Waals surface area contributed by atoms with Crippen molar-refractivity contribution in [3.63, 3.8) is 0 Å². The number of halogens is 2. The Labute approximate surface area is 170 Å². The van der Waals surface area contributed by atoms with Crippen LogP contribution in [0.3, 0.4) is 0 Å². The molecular formula is C21H13Cl2N3O2. The van der Waals surface area contributed by atoms with Gasteiger partial charge in [-0.25, -0.2) is 0 Å². The molecule has 138 valence electrons. The monoisotopic (exact) mass is 409 g/mol. The molecule has 4 aromatic rings. The Morgan fingerprint density at radius 1 is 0.893 bits per heavy atom. The van der Waals surface area contributed by atoms with Crippen LogP contribution in [-0.2, 0) is 0 Å². The Bertz CT molecular complexity index is 1140. The van der Waals surface area contributed by atoms with Gasteiger partial charge in [0, 0.05) is 10.6 Å². The molecule has 0 bridgehead atoms. The quantitative estimate of drug-likeness (QED) is 0.451. The topological polar surface area (TPSA) is 68.0 Å². The van der Waals surface area contributed by atoms with E-state index in [0.717, 1.165) is 5.56 Å². The molecule has 0 spiro atoms. The van der Waals surface area contributed by atoms with Crippen molar-refractivity contribution in [2.75, 3.05) is 5.32 Å². The van der Waals surface area contributed by atoms with Gasteiger partial charge in [-0.15, -0.1) is 0 Å². The van der Waals surface area contributed by atoms with Crippen molar-refractivity contribution in [1.29, 1.82) is 0 Å². The third-order valence-electron chi connectivity index (χ3n) is 4.05. The lowest BCUT2D eigenvalue weighted by molar-refractivity contribution is 0.102. The predicted molar refractivity (Wildman–Crippen MR) is 110 cm³/mol. The molecular weight excluding hydrogens is 397 g/mol. The lowest BCUT2D eigenvalue weighted by Gasteiger charge is -2.09. The van der Waals surface area contributed by atoms with Gasteiger partial charge in [0.05, 0.1) is 21.8 Å². The van der Waals surface area contributed by atoms with Crippen LogP contribution in [0.15, 0.2) is 77.3 Å². The maximum Gasteiger partial charge on any atom is 0.260 e. The summed E-state index contributed by atoms with van der Waals surface area (Å²) in [5.74, 6) is 0.398. The standard InChI is InChI=1S/C21H13Cl2N3O2/c22-14-11-9-13(10-12-14)19-25-21(28-26-19)16-6-2-4-8-18(16)24-20(27)15-5-1-3-7-17(15)23/h1-12H,(H,24,27). The van der Waals surface area contributed by atoms with Gasteiger partial charge in [-0.1, -0.05) is 52.6 Å².